The average molecular weight is 416 g/mol. The molecule has 0 N–H and O–H groups in total. The Hall–Kier alpha value is -3.87. The van der Waals surface area contributed by atoms with Crippen molar-refractivity contribution in [3.8, 4) is 5.75 Å². The molecule has 0 saturated carbocycles. The normalized spacial score (nSPS) is 15.5. The van der Waals surface area contributed by atoms with Gasteiger partial charge >= 0.3 is 0 Å². The van der Waals surface area contributed by atoms with E-state index in [1.165, 1.54) is 4.90 Å². The molecule has 156 valence electrons. The first-order valence-corrected chi connectivity index (χ1v) is 10.0. The second-order valence-corrected chi connectivity index (χ2v) is 7.55. The van der Waals surface area contributed by atoms with Crippen LogP contribution in [0.15, 0.2) is 62.3 Å². The first-order chi connectivity index (χ1) is 15.0. The predicted octanol–water partition coefficient (Wildman–Crippen LogP) is 4.55. The number of rotatable bonds is 4. The Kier molecular flexibility index (Phi) is 4.39. The third kappa shape index (κ3) is 3.01. The molecule has 2 aromatic carbocycles. The third-order valence-corrected chi connectivity index (χ3v) is 5.39. The lowest BCUT2D eigenvalue weighted by Crippen LogP contribution is -2.29. The maximum atomic E-state index is 13.5. The van der Waals surface area contributed by atoms with E-state index < -0.39 is 11.9 Å². The molecule has 5 rings (SSSR count). The van der Waals surface area contributed by atoms with Crippen LogP contribution >= 0.6 is 0 Å². The summed E-state index contributed by atoms with van der Waals surface area (Å²) in [5, 5.41) is 4.47. The number of benzene rings is 2. The van der Waals surface area contributed by atoms with Gasteiger partial charge < -0.3 is 13.7 Å². The lowest BCUT2D eigenvalue weighted by molar-refractivity contribution is 0.0969. The number of carbonyl (C=O) groups excluding carboxylic acids is 1. The summed E-state index contributed by atoms with van der Waals surface area (Å²) in [4.78, 5) is 28.4. The van der Waals surface area contributed by atoms with Crippen LogP contribution in [0.25, 0.3) is 11.0 Å². The van der Waals surface area contributed by atoms with Crippen molar-refractivity contribution in [1.82, 2.24) is 5.16 Å². The Balaban J connectivity index is 1.76. The minimum absolute atomic E-state index is 0.0286. The fraction of sp³-hybridized carbons (Fsp3) is 0.208. The van der Waals surface area contributed by atoms with Crippen LogP contribution < -0.4 is 15.1 Å². The molecule has 0 fully saturated rings. The van der Waals surface area contributed by atoms with E-state index in [-0.39, 0.29) is 11.2 Å². The van der Waals surface area contributed by atoms with Crippen molar-refractivity contribution in [3.05, 3.63) is 87.0 Å². The SMILES string of the molecule is CCOc1ccc(C2c3c(oc4ccc(C)cc4c3=O)C(=O)N2c2cc(C)on2)cc1. The number of carbonyl (C=O) groups is 1. The average Bonchev–Trinajstić information content (AvgIpc) is 3.31. The zero-order valence-corrected chi connectivity index (χ0v) is 17.3. The minimum atomic E-state index is -0.691. The predicted molar refractivity (Wildman–Crippen MR) is 115 cm³/mol. The van der Waals surface area contributed by atoms with Gasteiger partial charge in [-0.1, -0.05) is 28.9 Å². The molecule has 7 heteroatoms. The molecule has 0 spiro atoms. The Labute approximate surface area is 177 Å². The molecule has 2 aromatic heterocycles. The molecular weight excluding hydrogens is 396 g/mol. The number of hydrogen-bond donors (Lipinski definition) is 0. The van der Waals surface area contributed by atoms with E-state index in [0.29, 0.717) is 40.5 Å². The van der Waals surface area contributed by atoms with Crippen LogP contribution in [-0.2, 0) is 0 Å². The molecular formula is C24H20N2O5. The number of aromatic nitrogens is 1. The molecule has 1 atom stereocenters. The minimum Gasteiger partial charge on any atom is -0.494 e. The van der Waals surface area contributed by atoms with Crippen molar-refractivity contribution in [1.29, 1.82) is 0 Å². The second-order valence-electron chi connectivity index (χ2n) is 7.55. The van der Waals surface area contributed by atoms with Gasteiger partial charge in [0, 0.05) is 6.07 Å². The number of fused-ring (bicyclic) bond motifs is 2. The van der Waals surface area contributed by atoms with Crippen LogP contribution in [0.2, 0.25) is 0 Å². The van der Waals surface area contributed by atoms with Crippen LogP contribution in [0, 0.1) is 13.8 Å². The highest BCUT2D eigenvalue weighted by Gasteiger charge is 2.44. The van der Waals surface area contributed by atoms with Crippen molar-refractivity contribution >= 4 is 22.7 Å². The highest BCUT2D eigenvalue weighted by Crippen LogP contribution is 2.41. The molecule has 0 aliphatic carbocycles. The van der Waals surface area contributed by atoms with Gasteiger partial charge in [0.15, 0.2) is 11.2 Å². The molecule has 7 nitrogen and oxygen atoms in total. The molecule has 4 aromatic rings. The van der Waals surface area contributed by atoms with Crippen molar-refractivity contribution in [2.75, 3.05) is 11.5 Å². The lowest BCUT2D eigenvalue weighted by atomic mass is 9.98. The van der Waals surface area contributed by atoms with Gasteiger partial charge in [0.2, 0.25) is 5.76 Å². The van der Waals surface area contributed by atoms with Gasteiger partial charge in [-0.15, -0.1) is 0 Å². The third-order valence-electron chi connectivity index (χ3n) is 5.39. The van der Waals surface area contributed by atoms with Crippen LogP contribution in [0.5, 0.6) is 5.75 Å². The Morgan fingerprint density at radius 3 is 2.52 bits per heavy atom. The highest BCUT2D eigenvalue weighted by atomic mass is 16.5. The summed E-state index contributed by atoms with van der Waals surface area (Å²) in [6, 6.07) is 13.7. The molecule has 0 bridgehead atoms. The van der Waals surface area contributed by atoms with Gasteiger partial charge in [-0.3, -0.25) is 14.5 Å². The number of hydrogen-bond acceptors (Lipinski definition) is 6. The van der Waals surface area contributed by atoms with Crippen LogP contribution in [0.1, 0.15) is 46.0 Å². The van der Waals surface area contributed by atoms with Crippen molar-refractivity contribution in [2.24, 2.45) is 0 Å². The largest absolute Gasteiger partial charge is 0.494 e. The number of ether oxygens (including phenoxy) is 1. The first kappa shape index (κ1) is 19.1. The topological polar surface area (TPSA) is 85.8 Å². The summed E-state index contributed by atoms with van der Waals surface area (Å²) >= 11 is 0. The molecule has 0 radical (unpaired) electrons. The fourth-order valence-corrected chi connectivity index (χ4v) is 4.02. The van der Waals surface area contributed by atoms with E-state index in [4.69, 9.17) is 13.7 Å². The number of amides is 1. The number of anilines is 1. The van der Waals surface area contributed by atoms with Gasteiger partial charge in [0.05, 0.1) is 23.6 Å². The molecule has 3 heterocycles. The number of nitrogens with zero attached hydrogens (tertiary/aromatic N) is 2. The highest BCUT2D eigenvalue weighted by molar-refractivity contribution is 6.10. The molecule has 1 amide bonds. The number of aryl methyl sites for hydroxylation is 2. The monoisotopic (exact) mass is 416 g/mol. The second kappa shape index (κ2) is 7.12. The van der Waals surface area contributed by atoms with E-state index in [2.05, 4.69) is 5.16 Å². The van der Waals surface area contributed by atoms with Crippen molar-refractivity contribution < 1.29 is 18.5 Å². The van der Waals surface area contributed by atoms with E-state index in [0.717, 1.165) is 11.1 Å². The van der Waals surface area contributed by atoms with Crippen molar-refractivity contribution in [3.63, 3.8) is 0 Å². The summed E-state index contributed by atoms with van der Waals surface area (Å²) in [6.45, 7) is 6.11. The van der Waals surface area contributed by atoms with E-state index >= 15 is 0 Å². The van der Waals surface area contributed by atoms with Gasteiger partial charge in [-0.25, -0.2) is 0 Å². The zero-order chi connectivity index (χ0) is 21.7. The maximum absolute atomic E-state index is 13.5. The molecule has 1 aliphatic rings. The summed E-state index contributed by atoms with van der Waals surface area (Å²) < 4.78 is 16.7. The summed E-state index contributed by atoms with van der Waals surface area (Å²) in [5.41, 5.74) is 2.13. The Bertz CT molecular complexity index is 1370. The van der Waals surface area contributed by atoms with Gasteiger partial charge in [0.25, 0.3) is 5.91 Å². The van der Waals surface area contributed by atoms with Crippen LogP contribution in [0.4, 0.5) is 5.82 Å². The molecule has 31 heavy (non-hydrogen) atoms. The van der Waals surface area contributed by atoms with Gasteiger partial charge in [0.1, 0.15) is 17.1 Å². The lowest BCUT2D eigenvalue weighted by Gasteiger charge is -2.22. The quantitative estimate of drug-likeness (QED) is 0.485. The molecule has 0 saturated heterocycles. The van der Waals surface area contributed by atoms with E-state index in [1.807, 2.05) is 44.2 Å². The summed E-state index contributed by atoms with van der Waals surface area (Å²) in [5.74, 6) is 1.19. The maximum Gasteiger partial charge on any atom is 0.296 e. The summed E-state index contributed by atoms with van der Waals surface area (Å²) in [6.07, 6.45) is 0. The van der Waals surface area contributed by atoms with Crippen molar-refractivity contribution in [2.45, 2.75) is 26.8 Å². The molecule has 1 unspecified atom stereocenters. The smallest absolute Gasteiger partial charge is 0.296 e. The molecule has 1 aliphatic heterocycles. The van der Waals surface area contributed by atoms with E-state index in [9.17, 15) is 9.59 Å². The van der Waals surface area contributed by atoms with Gasteiger partial charge in [-0.05, 0) is 50.6 Å². The first-order valence-electron chi connectivity index (χ1n) is 10.0. The summed E-state index contributed by atoms with van der Waals surface area (Å²) in [7, 11) is 0. The van der Waals surface area contributed by atoms with Crippen LogP contribution in [0.3, 0.4) is 0 Å². The van der Waals surface area contributed by atoms with Crippen LogP contribution in [-0.4, -0.2) is 17.7 Å². The Morgan fingerprint density at radius 2 is 1.84 bits per heavy atom. The van der Waals surface area contributed by atoms with E-state index in [1.54, 1.807) is 25.1 Å². The standard InChI is InChI=1S/C24H20N2O5/c1-4-29-16-8-6-15(7-9-16)21-20-22(27)17-11-13(2)5-10-18(17)30-23(20)24(28)26(21)19-12-14(3)31-25-19/h5-12,21H,4H2,1-3H3. The fourth-order valence-electron chi connectivity index (χ4n) is 4.02. The van der Waals surface area contributed by atoms with Gasteiger partial charge in [-0.2, -0.15) is 0 Å². The zero-order valence-electron chi connectivity index (χ0n) is 17.3. The Morgan fingerprint density at radius 1 is 1.06 bits per heavy atom.